The normalized spacial score (nSPS) is 20.2. The summed E-state index contributed by atoms with van der Waals surface area (Å²) in [4.78, 5) is 22.5. The first kappa shape index (κ1) is 20.2. The fourth-order valence-electron chi connectivity index (χ4n) is 3.44. The Morgan fingerprint density at radius 2 is 1.77 bits per heavy atom. The monoisotopic (exact) mass is 368 g/mol. The van der Waals surface area contributed by atoms with E-state index in [9.17, 15) is 22.8 Å². The highest BCUT2D eigenvalue weighted by Crippen LogP contribution is 2.34. The van der Waals surface area contributed by atoms with Crippen molar-refractivity contribution in [1.82, 2.24) is 0 Å². The van der Waals surface area contributed by atoms with Gasteiger partial charge in [0.1, 0.15) is 5.78 Å². The minimum absolute atomic E-state index is 0.0118. The Hall–Kier alpha value is -2.11. The number of unbranched alkanes of at least 4 members (excludes halogenated alkanes) is 3. The zero-order valence-electron chi connectivity index (χ0n) is 14.5. The van der Waals surface area contributed by atoms with Gasteiger partial charge in [0.15, 0.2) is 17.5 Å². The summed E-state index contributed by atoms with van der Waals surface area (Å²) in [6.07, 6.45) is 8.59. The molecule has 1 aromatic rings. The lowest BCUT2D eigenvalue weighted by Gasteiger charge is -2.14. The molecule has 1 N–H and O–H groups in total. The summed E-state index contributed by atoms with van der Waals surface area (Å²) in [5.74, 6) is -4.65. The molecule has 1 fully saturated rings. The van der Waals surface area contributed by atoms with Crippen molar-refractivity contribution >= 4 is 17.8 Å². The third kappa shape index (κ3) is 5.71. The summed E-state index contributed by atoms with van der Waals surface area (Å²) in [5.41, 5.74) is 0.230. The van der Waals surface area contributed by atoms with Crippen LogP contribution in [-0.4, -0.2) is 16.9 Å². The van der Waals surface area contributed by atoms with E-state index in [4.69, 9.17) is 5.11 Å². The molecule has 3 nitrogen and oxygen atoms in total. The van der Waals surface area contributed by atoms with Crippen LogP contribution in [-0.2, 0) is 9.59 Å². The van der Waals surface area contributed by atoms with Gasteiger partial charge < -0.3 is 5.11 Å². The van der Waals surface area contributed by atoms with Gasteiger partial charge >= 0.3 is 5.97 Å². The first-order valence-electron chi connectivity index (χ1n) is 8.95. The molecule has 0 bridgehead atoms. The maximum Gasteiger partial charge on any atom is 0.303 e. The van der Waals surface area contributed by atoms with E-state index >= 15 is 0 Å². The van der Waals surface area contributed by atoms with Gasteiger partial charge in [-0.15, -0.1) is 0 Å². The molecule has 1 aliphatic rings. The van der Waals surface area contributed by atoms with E-state index < -0.39 is 23.4 Å². The van der Waals surface area contributed by atoms with Crippen LogP contribution in [0.3, 0.4) is 0 Å². The van der Waals surface area contributed by atoms with Crippen molar-refractivity contribution in [3.05, 3.63) is 41.2 Å². The van der Waals surface area contributed by atoms with Crippen molar-refractivity contribution in [1.29, 1.82) is 0 Å². The fourth-order valence-corrected chi connectivity index (χ4v) is 3.44. The molecule has 1 aliphatic carbocycles. The highest BCUT2D eigenvalue weighted by Gasteiger charge is 2.32. The van der Waals surface area contributed by atoms with E-state index in [1.165, 1.54) is 6.08 Å². The molecule has 0 spiro atoms. The number of carbonyl (C=O) groups is 2. The fraction of sp³-hybridized carbons (Fsp3) is 0.500. The summed E-state index contributed by atoms with van der Waals surface area (Å²) in [6.45, 7) is 0. The minimum Gasteiger partial charge on any atom is -0.481 e. The van der Waals surface area contributed by atoms with Gasteiger partial charge in [0, 0.05) is 18.8 Å². The molecule has 1 aromatic carbocycles. The Bertz CT molecular complexity index is 662. The van der Waals surface area contributed by atoms with Gasteiger partial charge in [-0.05, 0) is 42.9 Å². The van der Waals surface area contributed by atoms with Crippen LogP contribution in [0.2, 0.25) is 0 Å². The van der Waals surface area contributed by atoms with Crippen LogP contribution < -0.4 is 0 Å². The maximum atomic E-state index is 13.3. The number of hydrogen-bond acceptors (Lipinski definition) is 2. The van der Waals surface area contributed by atoms with Crippen molar-refractivity contribution in [3.63, 3.8) is 0 Å². The highest BCUT2D eigenvalue weighted by atomic mass is 19.2. The summed E-state index contributed by atoms with van der Waals surface area (Å²) in [6, 6.07) is 1.87. The highest BCUT2D eigenvalue weighted by molar-refractivity contribution is 5.84. The number of carboxylic acid groups (broad SMARTS) is 1. The summed E-state index contributed by atoms with van der Waals surface area (Å²) in [7, 11) is 0. The number of hydrogen-bond donors (Lipinski definition) is 1. The third-order valence-electron chi connectivity index (χ3n) is 4.85. The average molecular weight is 368 g/mol. The Balaban J connectivity index is 1.87. The molecule has 2 rings (SSSR count). The molecule has 0 radical (unpaired) electrons. The lowest BCUT2D eigenvalue weighted by Crippen LogP contribution is -2.13. The average Bonchev–Trinajstić information content (AvgIpc) is 2.93. The molecule has 1 saturated carbocycles. The zero-order valence-corrected chi connectivity index (χ0v) is 14.5. The van der Waals surface area contributed by atoms with Crippen molar-refractivity contribution in [2.24, 2.45) is 11.8 Å². The first-order valence-corrected chi connectivity index (χ1v) is 8.95. The van der Waals surface area contributed by atoms with E-state index in [1.54, 1.807) is 6.08 Å². The summed E-state index contributed by atoms with van der Waals surface area (Å²) in [5, 5.41) is 8.59. The number of carbonyl (C=O) groups excluding carboxylic acids is 1. The molecule has 2 atom stereocenters. The van der Waals surface area contributed by atoms with Crippen LogP contribution >= 0.6 is 0 Å². The number of Topliss-reactive ketones (excluding diaryl/α,β-unsaturated/α-hetero) is 1. The molecule has 26 heavy (non-hydrogen) atoms. The predicted molar refractivity (Wildman–Crippen MR) is 91.9 cm³/mol. The van der Waals surface area contributed by atoms with Crippen LogP contribution in [0.4, 0.5) is 13.2 Å². The molecule has 0 amide bonds. The van der Waals surface area contributed by atoms with Crippen molar-refractivity contribution < 1.29 is 27.9 Å². The minimum atomic E-state index is -1.49. The van der Waals surface area contributed by atoms with E-state index in [0.29, 0.717) is 19.3 Å². The molecule has 142 valence electrons. The smallest absolute Gasteiger partial charge is 0.303 e. The Labute approximate surface area is 150 Å². The zero-order chi connectivity index (χ0) is 19.1. The third-order valence-corrected chi connectivity index (χ3v) is 4.85. The molecule has 0 saturated heterocycles. The lowest BCUT2D eigenvalue weighted by atomic mass is 9.89. The van der Waals surface area contributed by atoms with Gasteiger partial charge in [-0.2, -0.15) is 0 Å². The molecule has 0 aromatic heterocycles. The van der Waals surface area contributed by atoms with E-state index in [1.807, 2.05) is 0 Å². The van der Waals surface area contributed by atoms with E-state index in [2.05, 4.69) is 0 Å². The number of carboxylic acids is 1. The van der Waals surface area contributed by atoms with Crippen molar-refractivity contribution in [2.75, 3.05) is 0 Å². The number of benzene rings is 1. The van der Waals surface area contributed by atoms with E-state index in [0.717, 1.165) is 37.8 Å². The molecule has 0 unspecified atom stereocenters. The summed E-state index contributed by atoms with van der Waals surface area (Å²) >= 11 is 0. The first-order chi connectivity index (χ1) is 12.4. The Morgan fingerprint density at radius 3 is 2.42 bits per heavy atom. The van der Waals surface area contributed by atoms with Gasteiger partial charge in [-0.3, -0.25) is 9.59 Å². The van der Waals surface area contributed by atoms with Crippen LogP contribution in [0, 0.1) is 29.3 Å². The van der Waals surface area contributed by atoms with Crippen LogP contribution in [0.1, 0.15) is 56.9 Å². The van der Waals surface area contributed by atoms with Crippen LogP contribution in [0.15, 0.2) is 18.2 Å². The van der Waals surface area contributed by atoms with Crippen LogP contribution in [0.25, 0.3) is 6.08 Å². The number of aliphatic carboxylic acids is 1. The number of halogens is 3. The van der Waals surface area contributed by atoms with Gasteiger partial charge in [0.2, 0.25) is 0 Å². The Morgan fingerprint density at radius 1 is 1.12 bits per heavy atom. The number of rotatable bonds is 9. The predicted octanol–water partition coefficient (Wildman–Crippen LogP) is 5.14. The molecular formula is C20H23F3O3. The molecule has 6 heteroatoms. The Kier molecular flexibility index (Phi) is 7.42. The quantitative estimate of drug-likeness (QED) is 0.485. The van der Waals surface area contributed by atoms with Gasteiger partial charge in [0.05, 0.1) is 0 Å². The topological polar surface area (TPSA) is 54.4 Å². The number of ketones is 1. The maximum absolute atomic E-state index is 13.3. The molecule has 0 heterocycles. The summed E-state index contributed by atoms with van der Waals surface area (Å²) < 4.78 is 39.5. The molecular weight excluding hydrogens is 345 g/mol. The second kappa shape index (κ2) is 9.55. The van der Waals surface area contributed by atoms with Crippen LogP contribution in [0.5, 0.6) is 0 Å². The van der Waals surface area contributed by atoms with Gasteiger partial charge in [-0.25, -0.2) is 13.2 Å². The second-order valence-corrected chi connectivity index (χ2v) is 6.78. The van der Waals surface area contributed by atoms with Crippen molar-refractivity contribution in [3.8, 4) is 0 Å². The molecule has 0 aliphatic heterocycles. The van der Waals surface area contributed by atoms with Gasteiger partial charge in [-0.1, -0.05) is 31.4 Å². The van der Waals surface area contributed by atoms with Gasteiger partial charge in [0.25, 0.3) is 0 Å². The standard InChI is InChI=1S/C20H23F3O3/c21-16-11-13(12-17(22)20(16)23)7-8-14-9-10-18(24)15(14)5-3-1-2-4-6-19(25)26/h7-8,11-12,14-15H,1-6,9-10H2,(H,25,26)/t14-,15+/m0/s1. The van der Waals surface area contributed by atoms with Crippen molar-refractivity contribution in [2.45, 2.75) is 51.4 Å². The lowest BCUT2D eigenvalue weighted by molar-refractivity contribution is -0.137. The largest absolute Gasteiger partial charge is 0.481 e. The second-order valence-electron chi connectivity index (χ2n) is 6.78. The SMILES string of the molecule is O=C(O)CCCCCC[C@H]1C(=O)CC[C@@H]1C=Cc1cc(F)c(F)c(F)c1. The van der Waals surface area contributed by atoms with E-state index in [-0.39, 0.29) is 29.6 Å². The number of allylic oxidation sites excluding steroid dienone is 1.